The lowest BCUT2D eigenvalue weighted by atomic mass is 10.1. The number of carbonyl (C=O) groups excluding carboxylic acids is 1. The summed E-state index contributed by atoms with van der Waals surface area (Å²) in [5.41, 5.74) is 0. The van der Waals surface area contributed by atoms with E-state index in [1.165, 1.54) is 0 Å². The Morgan fingerprint density at radius 1 is 1.73 bits per heavy atom. The van der Waals surface area contributed by atoms with Crippen molar-refractivity contribution in [3.63, 3.8) is 0 Å². The van der Waals surface area contributed by atoms with Gasteiger partial charge in [0, 0.05) is 13.1 Å². The third kappa shape index (κ3) is 2.48. The molecule has 0 aliphatic carbocycles. The first kappa shape index (κ1) is 8.49. The Bertz CT molecular complexity index is 132. The number of hydrogen-bond acceptors (Lipinski definition) is 3. The number of nitrogens with one attached hydrogen (secondary N) is 2. The van der Waals surface area contributed by atoms with E-state index in [4.69, 9.17) is 5.11 Å². The second-order valence-electron chi connectivity index (χ2n) is 2.70. The average Bonchev–Trinajstić information content (AvgIpc) is 2.52. The van der Waals surface area contributed by atoms with Crippen molar-refractivity contribution >= 4 is 5.91 Å². The molecule has 0 radical (unpaired) electrons. The van der Waals surface area contributed by atoms with Crippen molar-refractivity contribution in [2.45, 2.75) is 6.42 Å². The quantitative estimate of drug-likeness (QED) is 0.478. The molecule has 4 heteroatoms. The van der Waals surface area contributed by atoms with Crippen molar-refractivity contribution in [2.24, 2.45) is 5.92 Å². The molecule has 64 valence electrons. The van der Waals surface area contributed by atoms with Crippen LogP contribution in [0.4, 0.5) is 0 Å². The summed E-state index contributed by atoms with van der Waals surface area (Å²) in [7, 11) is 0. The van der Waals surface area contributed by atoms with Crippen LogP contribution in [-0.4, -0.2) is 37.3 Å². The molecule has 11 heavy (non-hydrogen) atoms. The molecule has 0 aromatic heterocycles. The first-order valence-electron chi connectivity index (χ1n) is 3.94. The Morgan fingerprint density at radius 3 is 3.09 bits per heavy atom. The highest BCUT2D eigenvalue weighted by atomic mass is 16.3. The van der Waals surface area contributed by atoms with Gasteiger partial charge in [-0.15, -0.1) is 0 Å². The van der Waals surface area contributed by atoms with E-state index in [-0.39, 0.29) is 18.4 Å². The highest BCUT2D eigenvalue weighted by Crippen LogP contribution is 2.06. The second kappa shape index (κ2) is 4.31. The molecular weight excluding hydrogens is 144 g/mol. The summed E-state index contributed by atoms with van der Waals surface area (Å²) in [6.07, 6.45) is 0.914. The van der Waals surface area contributed by atoms with E-state index >= 15 is 0 Å². The van der Waals surface area contributed by atoms with Crippen molar-refractivity contribution in [3.8, 4) is 0 Å². The molecule has 1 saturated heterocycles. The van der Waals surface area contributed by atoms with Crippen LogP contribution in [0.5, 0.6) is 0 Å². The SMILES string of the molecule is O=C(NCCO)[C@@H]1CCNC1. The number of amides is 1. The Kier molecular flexibility index (Phi) is 3.32. The first-order valence-corrected chi connectivity index (χ1v) is 3.94. The van der Waals surface area contributed by atoms with Crippen LogP contribution in [0.25, 0.3) is 0 Å². The van der Waals surface area contributed by atoms with E-state index in [0.717, 1.165) is 19.5 Å². The topological polar surface area (TPSA) is 61.4 Å². The van der Waals surface area contributed by atoms with Crippen molar-refractivity contribution in [1.29, 1.82) is 0 Å². The summed E-state index contributed by atoms with van der Waals surface area (Å²) in [6.45, 7) is 2.09. The molecule has 1 amide bonds. The number of aliphatic hydroxyl groups is 1. The molecular formula is C7H14N2O2. The average molecular weight is 158 g/mol. The third-order valence-electron chi connectivity index (χ3n) is 1.84. The summed E-state index contributed by atoms with van der Waals surface area (Å²) in [4.78, 5) is 11.1. The van der Waals surface area contributed by atoms with Gasteiger partial charge in [-0.05, 0) is 13.0 Å². The zero-order valence-corrected chi connectivity index (χ0v) is 6.47. The Balaban J connectivity index is 2.17. The number of hydrogen-bond donors (Lipinski definition) is 3. The summed E-state index contributed by atoms with van der Waals surface area (Å²) in [6, 6.07) is 0. The van der Waals surface area contributed by atoms with Gasteiger partial charge in [0.05, 0.1) is 12.5 Å². The van der Waals surface area contributed by atoms with E-state index in [1.54, 1.807) is 0 Å². The summed E-state index contributed by atoms with van der Waals surface area (Å²) in [5, 5.41) is 14.2. The number of carbonyl (C=O) groups is 1. The largest absolute Gasteiger partial charge is 0.395 e. The highest BCUT2D eigenvalue weighted by Gasteiger charge is 2.21. The molecule has 1 fully saturated rings. The summed E-state index contributed by atoms with van der Waals surface area (Å²) >= 11 is 0. The smallest absolute Gasteiger partial charge is 0.224 e. The molecule has 0 bridgehead atoms. The van der Waals surface area contributed by atoms with E-state index in [0.29, 0.717) is 6.54 Å². The molecule has 1 heterocycles. The fourth-order valence-electron chi connectivity index (χ4n) is 1.20. The lowest BCUT2D eigenvalue weighted by Gasteiger charge is -2.07. The van der Waals surface area contributed by atoms with Crippen molar-refractivity contribution in [3.05, 3.63) is 0 Å². The maximum atomic E-state index is 11.1. The van der Waals surface area contributed by atoms with Crippen LogP contribution in [0.3, 0.4) is 0 Å². The molecule has 0 saturated carbocycles. The highest BCUT2D eigenvalue weighted by molar-refractivity contribution is 5.79. The van der Waals surface area contributed by atoms with Crippen molar-refractivity contribution in [2.75, 3.05) is 26.2 Å². The minimum atomic E-state index is 0.0197. The van der Waals surface area contributed by atoms with Crippen molar-refractivity contribution in [1.82, 2.24) is 10.6 Å². The van der Waals surface area contributed by atoms with Gasteiger partial charge >= 0.3 is 0 Å². The Morgan fingerprint density at radius 2 is 2.55 bits per heavy atom. The van der Waals surface area contributed by atoms with Crippen LogP contribution in [0.15, 0.2) is 0 Å². The Hall–Kier alpha value is -0.610. The van der Waals surface area contributed by atoms with Gasteiger partial charge in [0.1, 0.15) is 0 Å². The molecule has 4 nitrogen and oxygen atoms in total. The number of rotatable bonds is 3. The van der Waals surface area contributed by atoms with Crippen LogP contribution in [0.1, 0.15) is 6.42 Å². The molecule has 0 unspecified atom stereocenters. The molecule has 0 aromatic carbocycles. The molecule has 0 aromatic rings. The summed E-state index contributed by atoms with van der Waals surface area (Å²) < 4.78 is 0. The predicted octanol–water partition coefficient (Wildman–Crippen LogP) is -1.30. The fourth-order valence-corrected chi connectivity index (χ4v) is 1.20. The second-order valence-corrected chi connectivity index (χ2v) is 2.70. The van der Waals surface area contributed by atoms with E-state index in [1.807, 2.05) is 0 Å². The zero-order valence-electron chi connectivity index (χ0n) is 6.47. The van der Waals surface area contributed by atoms with Gasteiger partial charge in [-0.3, -0.25) is 4.79 Å². The monoisotopic (exact) mass is 158 g/mol. The van der Waals surface area contributed by atoms with Gasteiger partial charge in [0.25, 0.3) is 0 Å². The third-order valence-corrected chi connectivity index (χ3v) is 1.84. The minimum Gasteiger partial charge on any atom is -0.395 e. The maximum Gasteiger partial charge on any atom is 0.224 e. The van der Waals surface area contributed by atoms with E-state index in [9.17, 15) is 4.79 Å². The standard InChI is InChI=1S/C7H14N2O2/c10-4-3-9-7(11)6-1-2-8-5-6/h6,8,10H,1-5H2,(H,9,11)/t6-/m1/s1. The number of aliphatic hydroxyl groups excluding tert-OH is 1. The van der Waals surface area contributed by atoms with Gasteiger partial charge in [-0.25, -0.2) is 0 Å². The normalized spacial score (nSPS) is 23.5. The fraction of sp³-hybridized carbons (Fsp3) is 0.857. The van der Waals surface area contributed by atoms with Gasteiger partial charge < -0.3 is 15.7 Å². The van der Waals surface area contributed by atoms with Gasteiger partial charge in [-0.1, -0.05) is 0 Å². The van der Waals surface area contributed by atoms with E-state index < -0.39 is 0 Å². The molecule has 0 spiro atoms. The van der Waals surface area contributed by atoms with Gasteiger partial charge in [0.15, 0.2) is 0 Å². The van der Waals surface area contributed by atoms with Gasteiger partial charge in [-0.2, -0.15) is 0 Å². The Labute approximate surface area is 66.0 Å². The van der Waals surface area contributed by atoms with Crippen LogP contribution in [0, 0.1) is 5.92 Å². The first-order chi connectivity index (χ1) is 5.34. The van der Waals surface area contributed by atoms with E-state index in [2.05, 4.69) is 10.6 Å². The van der Waals surface area contributed by atoms with Crippen molar-refractivity contribution < 1.29 is 9.90 Å². The van der Waals surface area contributed by atoms with Crippen LogP contribution in [0.2, 0.25) is 0 Å². The lowest BCUT2D eigenvalue weighted by Crippen LogP contribution is -2.33. The molecule has 1 aliphatic heterocycles. The van der Waals surface area contributed by atoms with Gasteiger partial charge in [0.2, 0.25) is 5.91 Å². The molecule has 1 aliphatic rings. The molecule has 1 atom stereocenters. The molecule has 3 N–H and O–H groups in total. The summed E-state index contributed by atoms with van der Waals surface area (Å²) in [5.74, 6) is 0.172. The zero-order chi connectivity index (χ0) is 8.10. The van der Waals surface area contributed by atoms with Crippen LogP contribution >= 0.6 is 0 Å². The maximum absolute atomic E-state index is 11.1. The van der Waals surface area contributed by atoms with Crippen LogP contribution in [-0.2, 0) is 4.79 Å². The minimum absolute atomic E-state index is 0.0197. The predicted molar refractivity (Wildman–Crippen MR) is 41.1 cm³/mol. The lowest BCUT2D eigenvalue weighted by molar-refractivity contribution is -0.124. The molecule has 1 rings (SSSR count). The van der Waals surface area contributed by atoms with Crippen LogP contribution < -0.4 is 10.6 Å².